The Morgan fingerprint density at radius 3 is 2.75 bits per heavy atom. The molecule has 0 atom stereocenters. The SMILES string of the molecule is COc1ccccc1CN(C)CCCCCNC1CC1. The van der Waals surface area contributed by atoms with Gasteiger partial charge in [-0.25, -0.2) is 0 Å². The lowest BCUT2D eigenvalue weighted by Gasteiger charge is -2.18. The second-order valence-corrected chi connectivity index (χ2v) is 5.84. The number of para-hydroxylation sites is 1. The summed E-state index contributed by atoms with van der Waals surface area (Å²) in [6.07, 6.45) is 6.68. The molecule has 0 saturated heterocycles. The van der Waals surface area contributed by atoms with Crippen molar-refractivity contribution in [3.63, 3.8) is 0 Å². The van der Waals surface area contributed by atoms with Crippen LogP contribution in [0, 0.1) is 0 Å². The summed E-state index contributed by atoms with van der Waals surface area (Å²) in [4.78, 5) is 2.38. The van der Waals surface area contributed by atoms with Crippen molar-refractivity contribution in [3.05, 3.63) is 29.8 Å². The molecule has 0 aromatic heterocycles. The van der Waals surface area contributed by atoms with Crippen molar-refractivity contribution in [3.8, 4) is 5.75 Å². The average molecular weight is 276 g/mol. The molecule has 1 aromatic carbocycles. The molecular formula is C17H28N2O. The number of hydrogen-bond acceptors (Lipinski definition) is 3. The summed E-state index contributed by atoms with van der Waals surface area (Å²) < 4.78 is 5.40. The molecule has 1 fully saturated rings. The van der Waals surface area contributed by atoms with Gasteiger partial charge >= 0.3 is 0 Å². The van der Waals surface area contributed by atoms with E-state index in [4.69, 9.17) is 4.74 Å². The van der Waals surface area contributed by atoms with Crippen LogP contribution in [-0.2, 0) is 6.54 Å². The molecule has 0 bridgehead atoms. The predicted octanol–water partition coefficient (Wildman–Crippen LogP) is 3.05. The Bertz CT molecular complexity index is 390. The Balaban J connectivity index is 1.58. The van der Waals surface area contributed by atoms with Crippen molar-refractivity contribution in [1.29, 1.82) is 0 Å². The highest BCUT2D eigenvalue weighted by Crippen LogP contribution is 2.19. The highest BCUT2D eigenvalue weighted by molar-refractivity contribution is 5.32. The smallest absolute Gasteiger partial charge is 0.123 e. The molecule has 3 nitrogen and oxygen atoms in total. The monoisotopic (exact) mass is 276 g/mol. The summed E-state index contributed by atoms with van der Waals surface area (Å²) in [5.41, 5.74) is 1.27. The van der Waals surface area contributed by atoms with Gasteiger partial charge in [0.2, 0.25) is 0 Å². The largest absolute Gasteiger partial charge is 0.496 e. The third-order valence-electron chi connectivity index (χ3n) is 3.86. The third kappa shape index (κ3) is 5.51. The van der Waals surface area contributed by atoms with Crippen molar-refractivity contribution in [2.24, 2.45) is 0 Å². The van der Waals surface area contributed by atoms with Crippen LogP contribution >= 0.6 is 0 Å². The molecule has 3 heteroatoms. The number of benzene rings is 1. The van der Waals surface area contributed by atoms with Gasteiger partial charge in [-0.05, 0) is 51.9 Å². The van der Waals surface area contributed by atoms with Crippen LogP contribution in [0.4, 0.5) is 0 Å². The first-order chi connectivity index (χ1) is 9.79. The van der Waals surface area contributed by atoms with E-state index in [-0.39, 0.29) is 0 Å². The van der Waals surface area contributed by atoms with Crippen LogP contribution in [-0.4, -0.2) is 38.2 Å². The maximum Gasteiger partial charge on any atom is 0.123 e. The van der Waals surface area contributed by atoms with Crippen molar-refractivity contribution in [2.45, 2.75) is 44.7 Å². The van der Waals surface area contributed by atoms with Gasteiger partial charge in [-0.1, -0.05) is 24.6 Å². The minimum atomic E-state index is 0.850. The molecule has 20 heavy (non-hydrogen) atoms. The first kappa shape index (κ1) is 15.3. The number of hydrogen-bond donors (Lipinski definition) is 1. The van der Waals surface area contributed by atoms with Crippen LogP contribution in [0.15, 0.2) is 24.3 Å². The molecule has 0 aliphatic heterocycles. The second kappa shape index (κ2) is 8.28. The lowest BCUT2D eigenvalue weighted by molar-refractivity contribution is 0.309. The average Bonchev–Trinajstić information content (AvgIpc) is 3.27. The van der Waals surface area contributed by atoms with E-state index < -0.39 is 0 Å². The van der Waals surface area contributed by atoms with Gasteiger partial charge in [0.15, 0.2) is 0 Å². The molecule has 112 valence electrons. The first-order valence-corrected chi connectivity index (χ1v) is 7.83. The Morgan fingerprint density at radius 1 is 1.20 bits per heavy atom. The summed E-state index contributed by atoms with van der Waals surface area (Å²) in [5, 5.41) is 3.57. The van der Waals surface area contributed by atoms with E-state index in [0.29, 0.717) is 0 Å². The molecule has 2 rings (SSSR count). The summed E-state index contributed by atoms with van der Waals surface area (Å²) in [5.74, 6) is 0.994. The Morgan fingerprint density at radius 2 is 2.00 bits per heavy atom. The van der Waals surface area contributed by atoms with E-state index in [9.17, 15) is 0 Å². The molecule has 0 amide bonds. The molecular weight excluding hydrogens is 248 g/mol. The summed E-state index contributed by atoms with van der Waals surface area (Å²) in [6.45, 7) is 3.31. The number of methoxy groups -OCH3 is 1. The van der Waals surface area contributed by atoms with Crippen molar-refractivity contribution in [2.75, 3.05) is 27.2 Å². The van der Waals surface area contributed by atoms with Crippen LogP contribution in [0.25, 0.3) is 0 Å². The van der Waals surface area contributed by atoms with Crippen molar-refractivity contribution < 1.29 is 4.74 Å². The number of rotatable bonds is 10. The van der Waals surface area contributed by atoms with Crippen LogP contribution in [0.5, 0.6) is 5.75 Å². The normalized spacial score (nSPS) is 14.8. The van der Waals surface area contributed by atoms with Gasteiger partial charge in [0, 0.05) is 18.2 Å². The Hall–Kier alpha value is -1.06. The molecule has 0 unspecified atom stereocenters. The van der Waals surface area contributed by atoms with Gasteiger partial charge in [0.05, 0.1) is 7.11 Å². The van der Waals surface area contributed by atoms with Crippen LogP contribution in [0.1, 0.15) is 37.7 Å². The zero-order valence-electron chi connectivity index (χ0n) is 12.9. The fraction of sp³-hybridized carbons (Fsp3) is 0.647. The van der Waals surface area contributed by atoms with E-state index in [1.54, 1.807) is 7.11 Å². The molecule has 1 aromatic rings. The number of nitrogens with zero attached hydrogens (tertiary/aromatic N) is 1. The maximum atomic E-state index is 5.40. The van der Waals surface area contributed by atoms with E-state index in [1.165, 1.54) is 44.2 Å². The zero-order chi connectivity index (χ0) is 14.2. The fourth-order valence-corrected chi connectivity index (χ4v) is 2.48. The Labute approximate surface area is 123 Å². The van der Waals surface area contributed by atoms with E-state index in [0.717, 1.165) is 24.9 Å². The van der Waals surface area contributed by atoms with Gasteiger partial charge in [-0.2, -0.15) is 0 Å². The predicted molar refractivity (Wildman–Crippen MR) is 84.2 cm³/mol. The Kier molecular flexibility index (Phi) is 6.34. The van der Waals surface area contributed by atoms with Crippen LogP contribution in [0.2, 0.25) is 0 Å². The fourth-order valence-electron chi connectivity index (χ4n) is 2.48. The van der Waals surface area contributed by atoms with Crippen LogP contribution < -0.4 is 10.1 Å². The first-order valence-electron chi connectivity index (χ1n) is 7.83. The van der Waals surface area contributed by atoms with Crippen molar-refractivity contribution >= 4 is 0 Å². The summed E-state index contributed by atoms with van der Waals surface area (Å²) >= 11 is 0. The highest BCUT2D eigenvalue weighted by Gasteiger charge is 2.19. The molecule has 0 radical (unpaired) electrons. The molecule has 1 aliphatic rings. The van der Waals surface area contributed by atoms with E-state index >= 15 is 0 Å². The van der Waals surface area contributed by atoms with Crippen molar-refractivity contribution in [1.82, 2.24) is 10.2 Å². The van der Waals surface area contributed by atoms with Gasteiger partial charge < -0.3 is 15.0 Å². The number of ether oxygens (including phenoxy) is 1. The molecule has 1 aliphatic carbocycles. The molecule has 0 spiro atoms. The standard InChI is InChI=1S/C17H28N2O/c1-19(13-7-3-6-12-18-16-10-11-16)14-15-8-4-5-9-17(15)20-2/h4-5,8-9,16,18H,3,6-7,10-14H2,1-2H3. The highest BCUT2D eigenvalue weighted by atomic mass is 16.5. The molecule has 0 heterocycles. The lowest BCUT2D eigenvalue weighted by atomic mass is 10.1. The van der Waals surface area contributed by atoms with E-state index in [1.807, 2.05) is 12.1 Å². The zero-order valence-corrected chi connectivity index (χ0v) is 12.9. The topological polar surface area (TPSA) is 24.5 Å². The summed E-state index contributed by atoms with van der Waals surface area (Å²) in [6, 6.07) is 9.13. The van der Waals surface area contributed by atoms with Gasteiger partial charge in [-0.15, -0.1) is 0 Å². The quantitative estimate of drug-likeness (QED) is 0.665. The summed E-state index contributed by atoms with van der Waals surface area (Å²) in [7, 11) is 3.93. The molecule has 1 saturated carbocycles. The lowest BCUT2D eigenvalue weighted by Crippen LogP contribution is -2.20. The third-order valence-corrected chi connectivity index (χ3v) is 3.86. The van der Waals surface area contributed by atoms with Gasteiger partial charge in [0.1, 0.15) is 5.75 Å². The van der Waals surface area contributed by atoms with E-state index in [2.05, 4.69) is 29.4 Å². The molecule has 1 N–H and O–H groups in total. The van der Waals surface area contributed by atoms with Gasteiger partial charge in [0.25, 0.3) is 0 Å². The van der Waals surface area contributed by atoms with Gasteiger partial charge in [-0.3, -0.25) is 0 Å². The number of nitrogens with one attached hydrogen (secondary N) is 1. The van der Waals surface area contributed by atoms with Crippen LogP contribution in [0.3, 0.4) is 0 Å². The second-order valence-electron chi connectivity index (χ2n) is 5.84. The minimum absolute atomic E-state index is 0.850. The number of unbranched alkanes of at least 4 members (excludes halogenated alkanes) is 2. The minimum Gasteiger partial charge on any atom is -0.496 e. The maximum absolute atomic E-state index is 5.40.